The Kier molecular flexibility index (Phi) is 2.18. The number of quaternary nitrogens is 1. The maximum Gasteiger partial charge on any atom is 0.347 e. The lowest BCUT2D eigenvalue weighted by molar-refractivity contribution is -0.858. The van der Waals surface area contributed by atoms with Crippen LogP contribution in [0.25, 0.3) is 0 Å². The minimum atomic E-state index is 0.344. The normalized spacial score (nSPS) is 14.2. The summed E-state index contributed by atoms with van der Waals surface area (Å²) in [5, 5.41) is 0. The Morgan fingerprint density at radius 2 is 2.17 bits per heavy atom. The third-order valence-electron chi connectivity index (χ3n) is 0.671. The molecule has 0 saturated carbocycles. The Morgan fingerprint density at radius 3 is 2.17 bits per heavy atom. The van der Waals surface area contributed by atoms with Gasteiger partial charge in [-0.15, -0.1) is 0 Å². The Hall–Kier alpha value is -0.0400. The smallest absolute Gasteiger partial charge is 0.340 e. The van der Waals surface area contributed by atoms with Crippen LogP contribution in [0.4, 0.5) is 0 Å². The van der Waals surface area contributed by atoms with Crippen molar-refractivity contribution < 1.29 is 6.30 Å². The lowest BCUT2D eigenvalue weighted by Gasteiger charge is -2.01. The van der Waals surface area contributed by atoms with Gasteiger partial charge >= 0.3 is 1.41 Å². The standard InChI is InChI=1S/C5H13N/c1-4-5-6(2)3/h4-5H2,1-3H3/p+1/i/hD. The van der Waals surface area contributed by atoms with Gasteiger partial charge in [-0.1, -0.05) is 6.92 Å². The fourth-order valence-corrected chi connectivity index (χ4v) is 0.447. The number of hydrogen-bond donors (Lipinski definition) is 1. The van der Waals surface area contributed by atoms with Gasteiger partial charge in [-0.05, 0) is 6.42 Å². The van der Waals surface area contributed by atoms with Crippen molar-refractivity contribution in [1.82, 2.24) is 0 Å². The number of hydrogen-bond acceptors (Lipinski definition) is 0. The Labute approximate surface area is 41.4 Å². The van der Waals surface area contributed by atoms with E-state index in [2.05, 4.69) is 6.92 Å². The van der Waals surface area contributed by atoms with Crippen molar-refractivity contribution in [1.29, 1.82) is 0 Å². The molecule has 0 radical (unpaired) electrons. The molecule has 0 bridgehead atoms. The molecule has 0 aromatic heterocycles. The molecule has 0 aliphatic rings. The Morgan fingerprint density at radius 1 is 1.67 bits per heavy atom. The maximum atomic E-state index is 7.27. The topological polar surface area (TPSA) is 4.44 Å². The van der Waals surface area contributed by atoms with Crippen LogP contribution in [0.15, 0.2) is 0 Å². The van der Waals surface area contributed by atoms with Gasteiger partial charge < -0.3 is 4.89 Å². The van der Waals surface area contributed by atoms with Gasteiger partial charge in [-0.25, -0.2) is 0 Å². The van der Waals surface area contributed by atoms with Crippen LogP contribution in [0.1, 0.15) is 13.3 Å². The summed E-state index contributed by atoms with van der Waals surface area (Å²) in [7, 11) is 3.76. The molecule has 6 heavy (non-hydrogen) atoms. The van der Waals surface area contributed by atoms with Gasteiger partial charge in [0.15, 0.2) is 0 Å². The van der Waals surface area contributed by atoms with Gasteiger partial charge in [0.2, 0.25) is 0 Å². The summed E-state index contributed by atoms with van der Waals surface area (Å²) in [5.41, 5.74) is 0. The van der Waals surface area contributed by atoms with Crippen LogP contribution in [-0.4, -0.2) is 20.6 Å². The second-order valence-corrected chi connectivity index (χ2v) is 1.80. The molecule has 1 nitrogen and oxygen atoms in total. The van der Waals surface area contributed by atoms with Crippen LogP contribution in [0.2, 0.25) is 1.41 Å². The van der Waals surface area contributed by atoms with Gasteiger partial charge in [0.05, 0.1) is 20.6 Å². The van der Waals surface area contributed by atoms with Crippen LogP contribution >= 0.6 is 0 Å². The zero-order chi connectivity index (χ0) is 5.91. The Bertz CT molecular complexity index is 46.5. The molecule has 0 fully saturated rings. The van der Waals surface area contributed by atoms with E-state index in [-0.39, 0.29) is 0 Å². The van der Waals surface area contributed by atoms with Gasteiger partial charge in [0.25, 0.3) is 0 Å². The van der Waals surface area contributed by atoms with E-state index in [9.17, 15) is 0 Å². The lowest BCUT2D eigenvalue weighted by Crippen LogP contribution is -3.05. The van der Waals surface area contributed by atoms with Crippen molar-refractivity contribution in [2.24, 2.45) is 0 Å². The van der Waals surface area contributed by atoms with Crippen molar-refractivity contribution in [2.45, 2.75) is 13.3 Å². The molecule has 0 atom stereocenters. The maximum absolute atomic E-state index is 7.27. The minimum Gasteiger partial charge on any atom is -0.340 e. The summed E-state index contributed by atoms with van der Waals surface area (Å²) in [4.78, 5) is 0.344. The predicted octanol–water partition coefficient (Wildman–Crippen LogP) is -0.459. The fraction of sp³-hybridized carbons (Fsp3) is 1.00. The van der Waals surface area contributed by atoms with E-state index in [0.29, 0.717) is 4.89 Å². The van der Waals surface area contributed by atoms with Crippen LogP contribution in [-0.2, 0) is 0 Å². The SMILES string of the molecule is [2H][N+](C)(C)CCC. The molecule has 0 aliphatic heterocycles. The molecule has 0 heterocycles. The summed E-state index contributed by atoms with van der Waals surface area (Å²) in [5.74, 6) is 0. The summed E-state index contributed by atoms with van der Waals surface area (Å²) in [6.45, 7) is 3.04. The average Bonchev–Trinajstić information content (AvgIpc) is 1.30. The molecule has 38 valence electrons. The Balaban J connectivity index is 3.15. The second-order valence-electron chi connectivity index (χ2n) is 1.80. The molecular formula is C5H14N+. The van der Waals surface area contributed by atoms with E-state index in [1.165, 1.54) is 0 Å². The van der Waals surface area contributed by atoms with E-state index in [1.54, 1.807) is 0 Å². The van der Waals surface area contributed by atoms with Gasteiger partial charge in [-0.3, -0.25) is 0 Å². The molecule has 0 aromatic rings. The van der Waals surface area contributed by atoms with Gasteiger partial charge in [0.1, 0.15) is 0 Å². The summed E-state index contributed by atoms with van der Waals surface area (Å²) < 4.78 is 7.27. The third-order valence-corrected chi connectivity index (χ3v) is 0.671. The second kappa shape index (κ2) is 3.16. The van der Waals surface area contributed by atoms with E-state index in [0.717, 1.165) is 13.0 Å². The minimum absolute atomic E-state index is 0.344. The number of rotatable bonds is 2. The van der Waals surface area contributed by atoms with Crippen molar-refractivity contribution in [3.63, 3.8) is 0 Å². The average molecular weight is 89.2 g/mol. The molecular weight excluding hydrogens is 74.1 g/mol. The van der Waals surface area contributed by atoms with E-state index >= 15 is 0 Å². The highest BCUT2D eigenvalue weighted by Gasteiger charge is 1.83. The van der Waals surface area contributed by atoms with Crippen molar-refractivity contribution in [3.8, 4) is 0 Å². The largest absolute Gasteiger partial charge is 0.347 e. The highest BCUT2D eigenvalue weighted by Crippen LogP contribution is 1.58. The fourth-order valence-electron chi connectivity index (χ4n) is 0.447. The first-order valence-electron chi connectivity index (χ1n) is 2.86. The first-order chi connectivity index (χ1) is 3.06. The lowest BCUT2D eigenvalue weighted by atomic mass is 10.5. The van der Waals surface area contributed by atoms with E-state index in [4.69, 9.17) is 1.41 Å². The van der Waals surface area contributed by atoms with Gasteiger partial charge in [0, 0.05) is 0 Å². The zero-order valence-electron chi connectivity index (χ0n) is 5.86. The summed E-state index contributed by atoms with van der Waals surface area (Å²) >= 11 is 0. The first kappa shape index (κ1) is 4.13. The molecule has 0 amide bonds. The third kappa shape index (κ3) is 3.96. The van der Waals surface area contributed by atoms with E-state index < -0.39 is 0 Å². The van der Waals surface area contributed by atoms with Crippen LogP contribution < -0.4 is 4.89 Å². The van der Waals surface area contributed by atoms with Crippen molar-refractivity contribution >= 4 is 0 Å². The van der Waals surface area contributed by atoms with E-state index in [1.807, 2.05) is 14.1 Å². The molecule has 0 saturated heterocycles. The molecule has 0 unspecified atom stereocenters. The van der Waals surface area contributed by atoms with Crippen LogP contribution in [0, 0.1) is 0 Å². The zero-order valence-corrected chi connectivity index (χ0v) is 4.86. The molecule has 0 rings (SSSR count). The summed E-state index contributed by atoms with van der Waals surface area (Å²) in [6.07, 6.45) is 1.09. The quantitative estimate of drug-likeness (QED) is 0.467. The van der Waals surface area contributed by atoms with Gasteiger partial charge in [-0.2, -0.15) is 0 Å². The van der Waals surface area contributed by atoms with Crippen LogP contribution in [0.5, 0.6) is 0 Å². The van der Waals surface area contributed by atoms with Crippen LogP contribution in [0.3, 0.4) is 0 Å². The monoisotopic (exact) mass is 89.1 g/mol. The number of nitrogens with one attached hydrogen (secondary N) is 1. The van der Waals surface area contributed by atoms with Crippen molar-refractivity contribution in [2.75, 3.05) is 20.6 Å². The molecule has 0 aliphatic carbocycles. The summed E-state index contributed by atoms with van der Waals surface area (Å²) in [6, 6.07) is 0. The van der Waals surface area contributed by atoms with Crippen molar-refractivity contribution in [3.05, 3.63) is 0 Å². The highest BCUT2D eigenvalue weighted by molar-refractivity contribution is 4.13. The molecule has 0 aromatic carbocycles. The predicted molar refractivity (Wildman–Crippen MR) is 28.0 cm³/mol. The molecule has 1 N–H and O–H groups in total. The molecule has 0 spiro atoms. The highest BCUT2D eigenvalue weighted by atomic mass is 15.0. The first-order valence-corrected chi connectivity index (χ1v) is 2.42. The molecule has 1 heteroatoms.